The van der Waals surface area contributed by atoms with Crippen molar-refractivity contribution in [1.82, 2.24) is 5.32 Å². The fourth-order valence-electron chi connectivity index (χ4n) is 4.05. The number of hydrogen-bond donors (Lipinski definition) is 2. The van der Waals surface area contributed by atoms with Gasteiger partial charge in [-0.3, -0.25) is 4.79 Å². The fraction of sp³-hybridized carbons (Fsp3) is 0.200. The monoisotopic (exact) mass is 417 g/mol. The van der Waals surface area contributed by atoms with E-state index in [1.165, 1.54) is 0 Å². The van der Waals surface area contributed by atoms with Crippen LogP contribution < -0.4 is 10.1 Å². The highest BCUT2D eigenvalue weighted by Gasteiger charge is 2.29. The molecule has 6 nitrogen and oxygen atoms in total. The Morgan fingerprint density at radius 3 is 2.06 bits per heavy atom. The number of methoxy groups -OCH3 is 1. The van der Waals surface area contributed by atoms with Crippen LogP contribution in [0.1, 0.15) is 35.1 Å². The second-order valence-corrected chi connectivity index (χ2v) is 7.39. The summed E-state index contributed by atoms with van der Waals surface area (Å²) in [6.07, 6.45) is -0.903. The van der Waals surface area contributed by atoms with E-state index >= 15 is 0 Å². The smallest absolute Gasteiger partial charge is 0.407 e. The molecule has 1 amide bonds. The molecule has 3 aromatic rings. The maximum atomic E-state index is 12.6. The van der Waals surface area contributed by atoms with E-state index in [0.29, 0.717) is 11.3 Å². The van der Waals surface area contributed by atoms with Gasteiger partial charge in [0.15, 0.2) is 0 Å². The average molecular weight is 417 g/mol. The Bertz CT molecular complexity index is 1050. The standard InChI is InChI=1S/C25H23NO5/c1-30-17-12-10-16(11-13-17)23(14-24(27)28)26-25(29)31-15-22-20-8-4-2-6-18(20)19-7-3-5-9-21(19)22/h2-13,22-23H,14-15H2,1H3,(H,26,29)(H,27,28). The molecule has 0 fully saturated rings. The van der Waals surface area contributed by atoms with Crippen LogP contribution in [0.2, 0.25) is 0 Å². The van der Waals surface area contributed by atoms with Gasteiger partial charge in [-0.1, -0.05) is 60.7 Å². The summed E-state index contributed by atoms with van der Waals surface area (Å²) >= 11 is 0. The van der Waals surface area contributed by atoms with E-state index in [1.807, 2.05) is 36.4 Å². The zero-order chi connectivity index (χ0) is 21.8. The Hall–Kier alpha value is -3.80. The van der Waals surface area contributed by atoms with Crippen LogP contribution in [0.5, 0.6) is 5.75 Å². The Morgan fingerprint density at radius 1 is 0.935 bits per heavy atom. The summed E-state index contributed by atoms with van der Waals surface area (Å²) in [5, 5.41) is 12.0. The third kappa shape index (κ3) is 4.38. The number of carbonyl (C=O) groups is 2. The van der Waals surface area contributed by atoms with Gasteiger partial charge >= 0.3 is 12.1 Å². The largest absolute Gasteiger partial charge is 0.497 e. The molecule has 4 rings (SSSR count). The van der Waals surface area contributed by atoms with E-state index in [2.05, 4.69) is 17.4 Å². The van der Waals surface area contributed by atoms with E-state index in [0.717, 1.165) is 22.3 Å². The highest BCUT2D eigenvalue weighted by Crippen LogP contribution is 2.44. The first-order chi connectivity index (χ1) is 15.1. The maximum Gasteiger partial charge on any atom is 0.407 e. The number of alkyl carbamates (subject to hydrolysis) is 1. The molecule has 3 aromatic carbocycles. The third-order valence-corrected chi connectivity index (χ3v) is 5.53. The molecule has 0 heterocycles. The summed E-state index contributed by atoms with van der Waals surface area (Å²) in [7, 11) is 1.55. The molecule has 2 N–H and O–H groups in total. The van der Waals surface area contributed by atoms with Crippen molar-refractivity contribution in [2.45, 2.75) is 18.4 Å². The van der Waals surface area contributed by atoms with Gasteiger partial charge in [-0.25, -0.2) is 4.79 Å². The van der Waals surface area contributed by atoms with Crippen molar-refractivity contribution >= 4 is 12.1 Å². The van der Waals surface area contributed by atoms with Gasteiger partial charge in [0.25, 0.3) is 0 Å². The van der Waals surface area contributed by atoms with E-state index in [9.17, 15) is 14.7 Å². The molecule has 0 bridgehead atoms. The second-order valence-electron chi connectivity index (χ2n) is 7.39. The fourth-order valence-corrected chi connectivity index (χ4v) is 4.05. The average Bonchev–Trinajstić information content (AvgIpc) is 3.11. The molecule has 1 aliphatic carbocycles. The SMILES string of the molecule is COc1ccc(C(CC(=O)O)NC(=O)OCC2c3ccccc3-c3ccccc32)cc1. The number of ether oxygens (including phenoxy) is 2. The third-order valence-electron chi connectivity index (χ3n) is 5.53. The van der Waals surface area contributed by atoms with Gasteiger partial charge in [0.1, 0.15) is 12.4 Å². The molecule has 0 saturated carbocycles. The van der Waals surface area contributed by atoms with Crippen molar-refractivity contribution in [2.24, 2.45) is 0 Å². The zero-order valence-corrected chi connectivity index (χ0v) is 17.1. The van der Waals surface area contributed by atoms with Crippen LogP contribution in [0.25, 0.3) is 11.1 Å². The minimum Gasteiger partial charge on any atom is -0.497 e. The number of rotatable bonds is 7. The van der Waals surface area contributed by atoms with Crippen molar-refractivity contribution in [3.8, 4) is 16.9 Å². The first-order valence-corrected chi connectivity index (χ1v) is 10.0. The highest BCUT2D eigenvalue weighted by atomic mass is 16.5. The number of nitrogens with one attached hydrogen (secondary N) is 1. The number of aliphatic carboxylic acids is 1. The van der Waals surface area contributed by atoms with Gasteiger partial charge in [0.05, 0.1) is 19.6 Å². The molecular weight excluding hydrogens is 394 g/mol. The number of amides is 1. The predicted molar refractivity (Wildman–Crippen MR) is 116 cm³/mol. The first kappa shape index (κ1) is 20.5. The molecule has 0 aliphatic heterocycles. The predicted octanol–water partition coefficient (Wildman–Crippen LogP) is 4.75. The zero-order valence-electron chi connectivity index (χ0n) is 17.1. The van der Waals surface area contributed by atoms with Crippen LogP contribution in [0.4, 0.5) is 4.79 Å². The lowest BCUT2D eigenvalue weighted by Gasteiger charge is -2.19. The Kier molecular flexibility index (Phi) is 5.89. The number of benzene rings is 3. The normalized spacial score (nSPS) is 13.1. The highest BCUT2D eigenvalue weighted by molar-refractivity contribution is 5.79. The Balaban J connectivity index is 1.47. The van der Waals surface area contributed by atoms with Gasteiger partial charge in [0.2, 0.25) is 0 Å². The second kappa shape index (κ2) is 8.92. The quantitative estimate of drug-likeness (QED) is 0.580. The van der Waals surface area contributed by atoms with Crippen molar-refractivity contribution in [2.75, 3.05) is 13.7 Å². The molecule has 0 saturated heterocycles. The van der Waals surface area contributed by atoms with Crippen LogP contribution in [0, 0.1) is 0 Å². The molecule has 1 aliphatic rings. The molecule has 0 aromatic heterocycles. The lowest BCUT2D eigenvalue weighted by atomic mass is 9.98. The summed E-state index contributed by atoms with van der Waals surface area (Å²) in [5.41, 5.74) is 5.20. The van der Waals surface area contributed by atoms with Crippen molar-refractivity contribution in [3.05, 3.63) is 89.5 Å². The molecule has 0 spiro atoms. The van der Waals surface area contributed by atoms with Crippen molar-refractivity contribution in [3.63, 3.8) is 0 Å². The van der Waals surface area contributed by atoms with Crippen LogP contribution >= 0.6 is 0 Å². The topological polar surface area (TPSA) is 84.9 Å². The van der Waals surface area contributed by atoms with Crippen LogP contribution in [0.15, 0.2) is 72.8 Å². The minimum absolute atomic E-state index is 0.0583. The number of carboxylic acids is 1. The minimum atomic E-state index is -1.01. The van der Waals surface area contributed by atoms with E-state index in [-0.39, 0.29) is 18.9 Å². The molecule has 6 heteroatoms. The van der Waals surface area contributed by atoms with Gasteiger partial charge < -0.3 is 19.9 Å². The Labute approximate surface area is 180 Å². The van der Waals surface area contributed by atoms with E-state index in [4.69, 9.17) is 9.47 Å². The number of hydrogen-bond acceptors (Lipinski definition) is 4. The molecule has 31 heavy (non-hydrogen) atoms. The van der Waals surface area contributed by atoms with Gasteiger partial charge in [-0.15, -0.1) is 0 Å². The van der Waals surface area contributed by atoms with Crippen molar-refractivity contribution < 1.29 is 24.2 Å². The van der Waals surface area contributed by atoms with Gasteiger partial charge in [0, 0.05) is 5.92 Å². The van der Waals surface area contributed by atoms with E-state index in [1.54, 1.807) is 31.4 Å². The first-order valence-electron chi connectivity index (χ1n) is 10.0. The molecule has 1 unspecified atom stereocenters. The Morgan fingerprint density at radius 2 is 1.52 bits per heavy atom. The summed E-state index contributed by atoms with van der Waals surface area (Å²) in [6, 6.07) is 22.4. The lowest BCUT2D eigenvalue weighted by molar-refractivity contribution is -0.137. The van der Waals surface area contributed by atoms with Crippen LogP contribution in [-0.2, 0) is 9.53 Å². The van der Waals surface area contributed by atoms with Crippen LogP contribution in [-0.4, -0.2) is 30.9 Å². The molecule has 0 radical (unpaired) electrons. The lowest BCUT2D eigenvalue weighted by Crippen LogP contribution is -2.31. The summed E-state index contributed by atoms with van der Waals surface area (Å²) in [6.45, 7) is 0.169. The molecule has 1 atom stereocenters. The number of fused-ring (bicyclic) bond motifs is 3. The molecule has 158 valence electrons. The summed E-state index contributed by atoms with van der Waals surface area (Å²) in [5.74, 6) is -0.421. The van der Waals surface area contributed by atoms with Gasteiger partial charge in [-0.05, 0) is 39.9 Å². The molecular formula is C25H23NO5. The number of carboxylic acid groups (broad SMARTS) is 1. The summed E-state index contributed by atoms with van der Waals surface area (Å²) in [4.78, 5) is 23.9. The van der Waals surface area contributed by atoms with Gasteiger partial charge in [-0.2, -0.15) is 0 Å². The van der Waals surface area contributed by atoms with Crippen LogP contribution in [0.3, 0.4) is 0 Å². The summed E-state index contributed by atoms with van der Waals surface area (Å²) < 4.78 is 10.7. The van der Waals surface area contributed by atoms with E-state index < -0.39 is 18.1 Å². The number of carbonyl (C=O) groups excluding carboxylic acids is 1. The maximum absolute atomic E-state index is 12.6. The van der Waals surface area contributed by atoms with Crippen molar-refractivity contribution in [1.29, 1.82) is 0 Å².